The summed E-state index contributed by atoms with van der Waals surface area (Å²) in [5.74, 6) is 1.01. The molecule has 0 saturated heterocycles. The number of rotatable bonds is 4. The summed E-state index contributed by atoms with van der Waals surface area (Å²) < 4.78 is 1.41. The lowest BCUT2D eigenvalue weighted by Gasteiger charge is -2.04. The molecular formula is C21H17N7. The number of hydrogen-bond donors (Lipinski definition) is 2. The standard InChI is InChI=1S/C21H17N7/c1-14-7-9-15(10-8-14)18-11-12-19(26-25-18)28-20(23)17(13-22)21(27-28)24-16-5-3-2-4-6-16/h2-12H,23H2,1H3,(H,24,27). The lowest BCUT2D eigenvalue weighted by molar-refractivity contribution is 0.827. The van der Waals surface area contributed by atoms with Gasteiger partial charge in [0.05, 0.1) is 5.69 Å². The van der Waals surface area contributed by atoms with Crippen LogP contribution >= 0.6 is 0 Å². The maximum atomic E-state index is 9.49. The van der Waals surface area contributed by atoms with E-state index >= 15 is 0 Å². The summed E-state index contributed by atoms with van der Waals surface area (Å²) in [7, 11) is 0. The van der Waals surface area contributed by atoms with Gasteiger partial charge in [0.2, 0.25) is 0 Å². The van der Waals surface area contributed by atoms with Crippen LogP contribution in [0.3, 0.4) is 0 Å². The van der Waals surface area contributed by atoms with E-state index in [9.17, 15) is 5.26 Å². The van der Waals surface area contributed by atoms with Gasteiger partial charge in [-0.3, -0.25) is 0 Å². The zero-order valence-corrected chi connectivity index (χ0v) is 15.2. The number of anilines is 3. The van der Waals surface area contributed by atoms with Crippen molar-refractivity contribution in [3.8, 4) is 23.1 Å². The van der Waals surface area contributed by atoms with Gasteiger partial charge in [0.15, 0.2) is 11.6 Å². The van der Waals surface area contributed by atoms with E-state index in [1.165, 1.54) is 10.2 Å². The highest BCUT2D eigenvalue weighted by Crippen LogP contribution is 2.26. The van der Waals surface area contributed by atoms with Crippen molar-refractivity contribution in [1.29, 1.82) is 5.26 Å². The molecule has 28 heavy (non-hydrogen) atoms. The summed E-state index contributed by atoms with van der Waals surface area (Å²) in [4.78, 5) is 0. The van der Waals surface area contributed by atoms with E-state index in [1.807, 2.05) is 67.6 Å². The molecule has 4 aromatic rings. The molecule has 0 unspecified atom stereocenters. The fourth-order valence-corrected chi connectivity index (χ4v) is 2.78. The summed E-state index contributed by atoms with van der Waals surface area (Å²) in [5, 5.41) is 25.5. The Balaban J connectivity index is 1.67. The fourth-order valence-electron chi connectivity index (χ4n) is 2.78. The second kappa shape index (κ2) is 7.21. The Labute approximate surface area is 162 Å². The van der Waals surface area contributed by atoms with Crippen LogP contribution in [0.1, 0.15) is 11.1 Å². The average molecular weight is 367 g/mol. The predicted molar refractivity (Wildman–Crippen MR) is 108 cm³/mol. The monoisotopic (exact) mass is 367 g/mol. The van der Waals surface area contributed by atoms with Crippen molar-refractivity contribution in [1.82, 2.24) is 20.0 Å². The number of nitrogen functional groups attached to an aromatic ring is 1. The third kappa shape index (κ3) is 3.27. The first-order chi connectivity index (χ1) is 13.7. The molecule has 7 heteroatoms. The van der Waals surface area contributed by atoms with Crippen molar-refractivity contribution < 1.29 is 0 Å². The third-order valence-electron chi connectivity index (χ3n) is 4.28. The molecule has 2 heterocycles. The van der Waals surface area contributed by atoms with E-state index in [-0.39, 0.29) is 11.4 Å². The molecule has 0 atom stereocenters. The molecule has 0 amide bonds. The van der Waals surface area contributed by atoms with E-state index < -0.39 is 0 Å². The van der Waals surface area contributed by atoms with E-state index in [1.54, 1.807) is 6.07 Å². The van der Waals surface area contributed by atoms with Crippen LogP contribution in [0.4, 0.5) is 17.3 Å². The van der Waals surface area contributed by atoms with Crippen molar-refractivity contribution in [3.63, 3.8) is 0 Å². The van der Waals surface area contributed by atoms with Crippen LogP contribution in [0.2, 0.25) is 0 Å². The minimum atomic E-state index is 0.207. The molecule has 2 aromatic heterocycles. The Kier molecular flexibility index (Phi) is 4.44. The molecular weight excluding hydrogens is 350 g/mol. The Morgan fingerprint density at radius 3 is 2.36 bits per heavy atom. The maximum absolute atomic E-state index is 9.49. The number of nitrogens with zero attached hydrogens (tertiary/aromatic N) is 5. The highest BCUT2D eigenvalue weighted by molar-refractivity contribution is 5.70. The summed E-state index contributed by atoms with van der Waals surface area (Å²) in [6.07, 6.45) is 0. The summed E-state index contributed by atoms with van der Waals surface area (Å²) >= 11 is 0. The van der Waals surface area contributed by atoms with Crippen LogP contribution in [0.5, 0.6) is 0 Å². The minimum absolute atomic E-state index is 0.207. The SMILES string of the molecule is Cc1ccc(-c2ccc(-n3nc(Nc4ccccc4)c(C#N)c3N)nn2)cc1. The van der Waals surface area contributed by atoms with Crippen molar-refractivity contribution in [2.45, 2.75) is 6.92 Å². The smallest absolute Gasteiger partial charge is 0.178 e. The lowest BCUT2D eigenvalue weighted by atomic mass is 10.1. The molecule has 0 spiro atoms. The number of aromatic nitrogens is 4. The van der Waals surface area contributed by atoms with Crippen LogP contribution in [0, 0.1) is 18.3 Å². The number of benzene rings is 2. The zero-order chi connectivity index (χ0) is 19.5. The Bertz CT molecular complexity index is 1140. The van der Waals surface area contributed by atoms with Gasteiger partial charge in [-0.2, -0.15) is 9.94 Å². The molecule has 0 radical (unpaired) electrons. The van der Waals surface area contributed by atoms with Gasteiger partial charge in [0.1, 0.15) is 17.5 Å². The highest BCUT2D eigenvalue weighted by Gasteiger charge is 2.18. The Morgan fingerprint density at radius 1 is 0.964 bits per heavy atom. The lowest BCUT2D eigenvalue weighted by Crippen LogP contribution is -2.06. The summed E-state index contributed by atoms with van der Waals surface area (Å²) in [5.41, 5.74) is 10.1. The number of nitrogens with two attached hydrogens (primary N) is 1. The minimum Gasteiger partial charge on any atom is -0.382 e. The first kappa shape index (κ1) is 17.2. The third-order valence-corrected chi connectivity index (χ3v) is 4.28. The first-order valence-corrected chi connectivity index (χ1v) is 8.67. The average Bonchev–Trinajstić information content (AvgIpc) is 3.04. The van der Waals surface area contributed by atoms with Crippen molar-refractivity contribution in [3.05, 3.63) is 77.9 Å². The number of hydrogen-bond acceptors (Lipinski definition) is 6. The van der Waals surface area contributed by atoms with E-state index in [0.29, 0.717) is 11.6 Å². The maximum Gasteiger partial charge on any atom is 0.178 e. The van der Waals surface area contributed by atoms with Gasteiger partial charge >= 0.3 is 0 Å². The van der Waals surface area contributed by atoms with Crippen LogP contribution in [-0.2, 0) is 0 Å². The molecule has 2 aromatic carbocycles. The first-order valence-electron chi connectivity index (χ1n) is 8.67. The molecule has 4 rings (SSSR count). The number of nitriles is 1. The van der Waals surface area contributed by atoms with Gasteiger partial charge in [-0.05, 0) is 31.2 Å². The van der Waals surface area contributed by atoms with E-state index in [2.05, 4.69) is 26.7 Å². The predicted octanol–water partition coefficient (Wildman–Crippen LogP) is 3.84. The van der Waals surface area contributed by atoms with Gasteiger partial charge in [-0.15, -0.1) is 15.3 Å². The number of para-hydroxylation sites is 1. The van der Waals surface area contributed by atoms with Gasteiger partial charge in [0.25, 0.3) is 0 Å². The fraction of sp³-hybridized carbons (Fsp3) is 0.0476. The van der Waals surface area contributed by atoms with Crippen LogP contribution in [-0.4, -0.2) is 20.0 Å². The van der Waals surface area contributed by atoms with Gasteiger partial charge in [-0.1, -0.05) is 48.0 Å². The molecule has 3 N–H and O–H groups in total. The quantitative estimate of drug-likeness (QED) is 0.568. The van der Waals surface area contributed by atoms with Gasteiger partial charge in [0, 0.05) is 11.3 Å². The molecule has 0 aliphatic rings. The second-order valence-electron chi connectivity index (χ2n) is 6.27. The second-order valence-corrected chi connectivity index (χ2v) is 6.27. The van der Waals surface area contributed by atoms with E-state index in [4.69, 9.17) is 5.73 Å². The molecule has 0 saturated carbocycles. The number of aryl methyl sites for hydroxylation is 1. The van der Waals surface area contributed by atoms with Crippen LogP contribution < -0.4 is 11.1 Å². The molecule has 0 bridgehead atoms. The van der Waals surface area contributed by atoms with Gasteiger partial charge < -0.3 is 11.1 Å². The van der Waals surface area contributed by atoms with Crippen molar-refractivity contribution in [2.75, 3.05) is 11.1 Å². The highest BCUT2D eigenvalue weighted by atomic mass is 15.4. The molecule has 0 aliphatic heterocycles. The Hall–Kier alpha value is -4.18. The Morgan fingerprint density at radius 2 is 1.71 bits per heavy atom. The molecule has 136 valence electrons. The van der Waals surface area contributed by atoms with E-state index in [0.717, 1.165) is 16.9 Å². The largest absolute Gasteiger partial charge is 0.382 e. The van der Waals surface area contributed by atoms with Gasteiger partial charge in [-0.25, -0.2) is 0 Å². The summed E-state index contributed by atoms with van der Waals surface area (Å²) in [6.45, 7) is 2.03. The zero-order valence-electron chi connectivity index (χ0n) is 15.2. The van der Waals surface area contributed by atoms with Crippen molar-refractivity contribution in [2.24, 2.45) is 0 Å². The molecule has 0 aliphatic carbocycles. The normalized spacial score (nSPS) is 10.4. The van der Waals surface area contributed by atoms with Crippen LogP contribution in [0.15, 0.2) is 66.7 Å². The summed E-state index contributed by atoms with van der Waals surface area (Å²) in [6, 6.07) is 23.2. The number of nitrogens with one attached hydrogen (secondary N) is 1. The topological polar surface area (TPSA) is 105 Å². The molecule has 7 nitrogen and oxygen atoms in total. The van der Waals surface area contributed by atoms with Crippen molar-refractivity contribution >= 4 is 17.3 Å². The van der Waals surface area contributed by atoms with Crippen LogP contribution in [0.25, 0.3) is 17.1 Å². The molecule has 0 fully saturated rings.